The number of hydrogen-bond donors (Lipinski definition) is 0. The van der Waals surface area contributed by atoms with Crippen LogP contribution in [-0.4, -0.2) is 7.11 Å². The third kappa shape index (κ3) is 2.58. The van der Waals surface area contributed by atoms with E-state index >= 15 is 0 Å². The molecular formula is C13H20O. The maximum atomic E-state index is 5.51. The second kappa shape index (κ2) is 4.61. The Morgan fingerprint density at radius 2 is 1.50 bits per heavy atom. The highest BCUT2D eigenvalue weighted by Crippen LogP contribution is 2.26. The number of rotatable bonds is 3. The number of benzene rings is 1. The lowest BCUT2D eigenvalue weighted by Crippen LogP contribution is -2.09. The maximum Gasteiger partial charge on any atom is 0.0844 e. The third-order valence-electron chi connectivity index (χ3n) is 2.43. The molecule has 0 saturated heterocycles. The molecular weight excluding hydrogens is 172 g/mol. The van der Waals surface area contributed by atoms with Crippen LogP contribution in [0.2, 0.25) is 0 Å². The summed E-state index contributed by atoms with van der Waals surface area (Å²) < 4.78 is 5.51. The topological polar surface area (TPSA) is 9.23 Å². The highest BCUT2D eigenvalue weighted by Gasteiger charge is 2.14. The molecule has 0 radical (unpaired) electrons. The van der Waals surface area contributed by atoms with Gasteiger partial charge in [0, 0.05) is 7.11 Å². The molecule has 0 N–H and O–H groups in total. The van der Waals surface area contributed by atoms with Gasteiger partial charge in [-0.15, -0.1) is 0 Å². The average Bonchev–Trinajstić information content (AvgIpc) is 2.02. The summed E-state index contributed by atoms with van der Waals surface area (Å²) >= 11 is 0. The predicted molar refractivity (Wildman–Crippen MR) is 60.5 cm³/mol. The van der Waals surface area contributed by atoms with E-state index in [-0.39, 0.29) is 6.10 Å². The number of methoxy groups -OCH3 is 1. The number of hydrogen-bond acceptors (Lipinski definition) is 1. The van der Waals surface area contributed by atoms with Gasteiger partial charge in [-0.1, -0.05) is 43.2 Å². The molecule has 0 saturated carbocycles. The molecule has 0 aliphatic carbocycles. The van der Waals surface area contributed by atoms with E-state index in [4.69, 9.17) is 4.74 Å². The van der Waals surface area contributed by atoms with Crippen molar-refractivity contribution in [2.75, 3.05) is 7.11 Å². The van der Waals surface area contributed by atoms with Crippen LogP contribution in [0.25, 0.3) is 0 Å². The fourth-order valence-corrected chi connectivity index (χ4v) is 1.97. The molecule has 0 bridgehead atoms. The first kappa shape index (κ1) is 11.3. The lowest BCUT2D eigenvalue weighted by molar-refractivity contribution is 0.0645. The summed E-state index contributed by atoms with van der Waals surface area (Å²) in [6.45, 7) is 8.63. The van der Waals surface area contributed by atoms with Gasteiger partial charge in [-0.3, -0.25) is 0 Å². The molecule has 0 fully saturated rings. The van der Waals surface area contributed by atoms with E-state index in [0.717, 1.165) is 0 Å². The highest BCUT2D eigenvalue weighted by atomic mass is 16.5. The van der Waals surface area contributed by atoms with Gasteiger partial charge in [-0.25, -0.2) is 0 Å². The largest absolute Gasteiger partial charge is 0.376 e. The lowest BCUT2D eigenvalue weighted by Gasteiger charge is -2.20. The van der Waals surface area contributed by atoms with Crippen molar-refractivity contribution in [2.24, 2.45) is 5.92 Å². The minimum atomic E-state index is 0.216. The van der Waals surface area contributed by atoms with Gasteiger partial charge < -0.3 is 4.74 Å². The molecule has 0 aliphatic rings. The molecule has 0 aromatic heterocycles. The van der Waals surface area contributed by atoms with Crippen LogP contribution in [-0.2, 0) is 4.74 Å². The van der Waals surface area contributed by atoms with Crippen molar-refractivity contribution in [3.8, 4) is 0 Å². The average molecular weight is 192 g/mol. The van der Waals surface area contributed by atoms with Crippen molar-refractivity contribution in [1.82, 2.24) is 0 Å². The molecule has 1 aromatic rings. The molecule has 14 heavy (non-hydrogen) atoms. The highest BCUT2D eigenvalue weighted by molar-refractivity contribution is 5.30. The Morgan fingerprint density at radius 1 is 1.00 bits per heavy atom. The van der Waals surface area contributed by atoms with Gasteiger partial charge in [0.2, 0.25) is 0 Å². The van der Waals surface area contributed by atoms with Crippen LogP contribution >= 0.6 is 0 Å². The van der Waals surface area contributed by atoms with Crippen molar-refractivity contribution in [2.45, 2.75) is 33.8 Å². The van der Waals surface area contributed by atoms with E-state index in [1.54, 1.807) is 7.11 Å². The Hall–Kier alpha value is -0.820. The van der Waals surface area contributed by atoms with Crippen LogP contribution in [0.4, 0.5) is 0 Å². The molecule has 1 rings (SSSR count). The van der Waals surface area contributed by atoms with Crippen LogP contribution < -0.4 is 0 Å². The summed E-state index contributed by atoms with van der Waals surface area (Å²) in [7, 11) is 1.78. The molecule has 1 atom stereocenters. The first-order valence-electron chi connectivity index (χ1n) is 5.15. The molecule has 1 aromatic carbocycles. The Labute approximate surface area is 87.1 Å². The molecule has 1 unspecified atom stereocenters. The van der Waals surface area contributed by atoms with Crippen molar-refractivity contribution in [3.05, 3.63) is 34.9 Å². The zero-order valence-corrected chi connectivity index (χ0v) is 9.79. The summed E-state index contributed by atoms with van der Waals surface area (Å²) in [5.41, 5.74) is 3.91. The molecule has 1 heteroatoms. The van der Waals surface area contributed by atoms with E-state index in [1.165, 1.54) is 16.7 Å². The first-order valence-corrected chi connectivity index (χ1v) is 5.15. The van der Waals surface area contributed by atoms with Gasteiger partial charge in [-0.2, -0.15) is 0 Å². The van der Waals surface area contributed by atoms with Gasteiger partial charge in [-0.05, 0) is 25.3 Å². The smallest absolute Gasteiger partial charge is 0.0844 e. The normalized spacial score (nSPS) is 13.3. The first-order chi connectivity index (χ1) is 6.54. The van der Waals surface area contributed by atoms with Crippen LogP contribution in [0.5, 0.6) is 0 Å². The Kier molecular flexibility index (Phi) is 3.70. The fourth-order valence-electron chi connectivity index (χ4n) is 1.97. The minimum Gasteiger partial charge on any atom is -0.376 e. The van der Waals surface area contributed by atoms with E-state index < -0.39 is 0 Å². The summed E-state index contributed by atoms with van der Waals surface area (Å²) in [6, 6.07) is 6.61. The lowest BCUT2D eigenvalue weighted by atomic mass is 9.96. The van der Waals surface area contributed by atoms with E-state index in [0.29, 0.717) is 5.92 Å². The van der Waals surface area contributed by atoms with E-state index in [1.807, 2.05) is 0 Å². The molecule has 0 aliphatic heterocycles. The summed E-state index contributed by atoms with van der Waals surface area (Å²) in [5.74, 6) is 0.515. The Bertz CT molecular complexity index is 282. The Morgan fingerprint density at radius 3 is 1.86 bits per heavy atom. The van der Waals surface area contributed by atoms with E-state index in [9.17, 15) is 0 Å². The van der Waals surface area contributed by atoms with Gasteiger partial charge in [0.15, 0.2) is 0 Å². The standard InChI is InChI=1S/C13H20O/c1-9(2)13(14-5)12-7-10(3)6-11(4)8-12/h6-9,13H,1-5H3. The molecule has 0 spiro atoms. The number of ether oxygens (including phenoxy) is 1. The maximum absolute atomic E-state index is 5.51. The number of aryl methyl sites for hydroxylation is 2. The van der Waals surface area contributed by atoms with E-state index in [2.05, 4.69) is 45.9 Å². The summed E-state index contributed by atoms with van der Waals surface area (Å²) in [6.07, 6.45) is 0.216. The Balaban J connectivity index is 3.04. The van der Waals surface area contributed by atoms with Crippen molar-refractivity contribution in [1.29, 1.82) is 0 Å². The monoisotopic (exact) mass is 192 g/mol. The van der Waals surface area contributed by atoms with Gasteiger partial charge in [0.1, 0.15) is 0 Å². The van der Waals surface area contributed by atoms with Gasteiger partial charge in [0.25, 0.3) is 0 Å². The second-order valence-corrected chi connectivity index (χ2v) is 4.32. The zero-order chi connectivity index (χ0) is 10.7. The summed E-state index contributed by atoms with van der Waals surface area (Å²) in [5, 5.41) is 0. The van der Waals surface area contributed by atoms with Crippen LogP contribution in [0.15, 0.2) is 18.2 Å². The molecule has 1 nitrogen and oxygen atoms in total. The van der Waals surface area contributed by atoms with Crippen molar-refractivity contribution in [3.63, 3.8) is 0 Å². The zero-order valence-electron chi connectivity index (χ0n) is 9.79. The van der Waals surface area contributed by atoms with Crippen LogP contribution in [0.3, 0.4) is 0 Å². The van der Waals surface area contributed by atoms with Crippen molar-refractivity contribution >= 4 is 0 Å². The molecule has 78 valence electrons. The quantitative estimate of drug-likeness (QED) is 0.710. The van der Waals surface area contributed by atoms with Crippen LogP contribution in [0.1, 0.15) is 36.6 Å². The predicted octanol–water partition coefficient (Wildman–Crippen LogP) is 3.65. The fraction of sp³-hybridized carbons (Fsp3) is 0.538. The van der Waals surface area contributed by atoms with Gasteiger partial charge in [0.05, 0.1) is 6.10 Å². The van der Waals surface area contributed by atoms with Gasteiger partial charge >= 0.3 is 0 Å². The SMILES string of the molecule is COC(c1cc(C)cc(C)c1)C(C)C. The van der Waals surface area contributed by atoms with Crippen molar-refractivity contribution < 1.29 is 4.74 Å². The summed E-state index contributed by atoms with van der Waals surface area (Å²) in [4.78, 5) is 0. The second-order valence-electron chi connectivity index (χ2n) is 4.32. The third-order valence-corrected chi connectivity index (χ3v) is 2.43. The molecule has 0 amide bonds. The van der Waals surface area contributed by atoms with Crippen LogP contribution in [0, 0.1) is 19.8 Å². The molecule has 0 heterocycles. The minimum absolute atomic E-state index is 0.216.